The fraction of sp³-hybridized carbons (Fsp3) is 0.0714. The van der Waals surface area contributed by atoms with Gasteiger partial charge in [-0.2, -0.15) is 0 Å². The molecule has 33 heavy (non-hydrogen) atoms. The van der Waals surface area contributed by atoms with Crippen molar-refractivity contribution in [2.45, 2.75) is 5.92 Å². The third kappa shape index (κ3) is 2.47. The minimum Gasteiger partial charge on any atom is -0.456 e. The number of ether oxygens (including phenoxy) is 3. The van der Waals surface area contributed by atoms with E-state index < -0.39 is 17.5 Å². The van der Waals surface area contributed by atoms with Crippen molar-refractivity contribution in [1.29, 1.82) is 0 Å². The fourth-order valence-corrected chi connectivity index (χ4v) is 5.09. The van der Waals surface area contributed by atoms with Crippen LogP contribution in [0.5, 0.6) is 17.2 Å². The Labute approximate surface area is 188 Å². The maximum absolute atomic E-state index is 13.5. The summed E-state index contributed by atoms with van der Waals surface area (Å²) in [6, 6.07) is 24.7. The van der Waals surface area contributed by atoms with E-state index in [-0.39, 0.29) is 6.79 Å². The Hall–Kier alpha value is -4.38. The SMILES string of the molecule is O=C1C(=O)c2ccccc2C2=C1C(c1ccc3c(c1)OCO3)c1c(ccc3ccccc13)O2. The van der Waals surface area contributed by atoms with Gasteiger partial charge >= 0.3 is 0 Å². The third-order valence-corrected chi connectivity index (χ3v) is 6.56. The maximum Gasteiger partial charge on any atom is 0.234 e. The average molecular weight is 432 g/mol. The van der Waals surface area contributed by atoms with E-state index >= 15 is 0 Å². The lowest BCUT2D eigenvalue weighted by molar-refractivity contribution is -0.112. The Morgan fingerprint density at radius 2 is 1.45 bits per heavy atom. The Morgan fingerprint density at radius 3 is 2.36 bits per heavy atom. The van der Waals surface area contributed by atoms with Gasteiger partial charge in [-0.3, -0.25) is 9.59 Å². The number of ketones is 2. The Morgan fingerprint density at radius 1 is 0.697 bits per heavy atom. The van der Waals surface area contributed by atoms with Crippen molar-refractivity contribution in [3.8, 4) is 17.2 Å². The molecule has 1 aliphatic carbocycles. The zero-order valence-corrected chi connectivity index (χ0v) is 17.3. The summed E-state index contributed by atoms with van der Waals surface area (Å²) in [6.45, 7) is 0.158. The number of hydrogen-bond acceptors (Lipinski definition) is 5. The monoisotopic (exact) mass is 432 g/mol. The molecule has 0 radical (unpaired) electrons. The van der Waals surface area contributed by atoms with Gasteiger partial charge in [0.15, 0.2) is 11.5 Å². The highest BCUT2D eigenvalue weighted by Crippen LogP contribution is 2.51. The molecule has 0 saturated heterocycles. The highest BCUT2D eigenvalue weighted by molar-refractivity contribution is 6.52. The number of Topliss-reactive ketones (excluding diaryl/α,β-unsaturated/α-hetero) is 2. The Balaban J connectivity index is 1.57. The second-order valence-corrected chi connectivity index (χ2v) is 8.29. The zero-order chi connectivity index (χ0) is 22.1. The van der Waals surface area contributed by atoms with Crippen LogP contribution in [0.15, 0.2) is 84.4 Å². The molecule has 1 atom stereocenters. The van der Waals surface area contributed by atoms with Crippen LogP contribution in [0.1, 0.15) is 33.0 Å². The first-order valence-electron chi connectivity index (χ1n) is 10.7. The lowest BCUT2D eigenvalue weighted by Crippen LogP contribution is -2.31. The van der Waals surface area contributed by atoms with E-state index in [2.05, 4.69) is 0 Å². The van der Waals surface area contributed by atoms with Crippen molar-refractivity contribution in [3.05, 3.63) is 107 Å². The summed E-state index contributed by atoms with van der Waals surface area (Å²) >= 11 is 0. The molecule has 0 spiro atoms. The van der Waals surface area contributed by atoms with E-state index in [1.54, 1.807) is 12.1 Å². The summed E-state index contributed by atoms with van der Waals surface area (Å²) in [4.78, 5) is 26.7. The van der Waals surface area contributed by atoms with Gasteiger partial charge in [0.05, 0.1) is 5.57 Å². The second-order valence-electron chi connectivity index (χ2n) is 8.29. The van der Waals surface area contributed by atoms with E-state index in [9.17, 15) is 9.59 Å². The van der Waals surface area contributed by atoms with Gasteiger partial charge in [-0.15, -0.1) is 0 Å². The summed E-state index contributed by atoms with van der Waals surface area (Å²) in [7, 11) is 0. The zero-order valence-electron chi connectivity index (χ0n) is 17.3. The number of allylic oxidation sites excluding steroid dienone is 1. The fourth-order valence-electron chi connectivity index (χ4n) is 5.09. The van der Waals surface area contributed by atoms with Gasteiger partial charge in [0.1, 0.15) is 11.5 Å². The van der Waals surface area contributed by atoms with Gasteiger partial charge in [0, 0.05) is 22.6 Å². The average Bonchev–Trinajstić information content (AvgIpc) is 3.34. The summed E-state index contributed by atoms with van der Waals surface area (Å²) in [5, 5.41) is 2.01. The highest BCUT2D eigenvalue weighted by Gasteiger charge is 2.43. The topological polar surface area (TPSA) is 61.8 Å². The molecule has 3 aliphatic rings. The predicted octanol–water partition coefficient (Wildman–Crippen LogP) is 5.27. The van der Waals surface area contributed by atoms with Crippen molar-refractivity contribution in [3.63, 3.8) is 0 Å². The molecule has 0 aromatic heterocycles. The van der Waals surface area contributed by atoms with E-state index in [1.807, 2.05) is 66.7 Å². The van der Waals surface area contributed by atoms with Crippen LogP contribution in [0.25, 0.3) is 16.5 Å². The van der Waals surface area contributed by atoms with Crippen molar-refractivity contribution < 1.29 is 23.8 Å². The molecule has 0 saturated carbocycles. The van der Waals surface area contributed by atoms with E-state index in [4.69, 9.17) is 14.2 Å². The van der Waals surface area contributed by atoms with Crippen molar-refractivity contribution >= 4 is 28.1 Å². The predicted molar refractivity (Wildman–Crippen MR) is 122 cm³/mol. The summed E-state index contributed by atoms with van der Waals surface area (Å²) in [6.07, 6.45) is 0. The molecule has 1 unspecified atom stereocenters. The first kappa shape index (κ1) is 18.2. The third-order valence-electron chi connectivity index (χ3n) is 6.56. The molecule has 0 N–H and O–H groups in total. The van der Waals surface area contributed by atoms with Gasteiger partial charge in [-0.25, -0.2) is 0 Å². The van der Waals surface area contributed by atoms with Crippen LogP contribution >= 0.6 is 0 Å². The van der Waals surface area contributed by atoms with E-state index in [0.717, 1.165) is 21.9 Å². The molecule has 7 rings (SSSR count). The van der Waals surface area contributed by atoms with Gasteiger partial charge in [-0.05, 0) is 34.5 Å². The molecular weight excluding hydrogens is 416 g/mol. The van der Waals surface area contributed by atoms with Gasteiger partial charge in [0.2, 0.25) is 18.4 Å². The van der Waals surface area contributed by atoms with Gasteiger partial charge in [0.25, 0.3) is 0 Å². The number of carbonyl (C=O) groups is 2. The largest absolute Gasteiger partial charge is 0.456 e. The molecule has 4 aromatic rings. The van der Waals surface area contributed by atoms with Crippen LogP contribution in [-0.2, 0) is 4.79 Å². The molecule has 158 valence electrons. The van der Waals surface area contributed by atoms with Crippen LogP contribution in [0.4, 0.5) is 0 Å². The first-order chi connectivity index (χ1) is 16.2. The minimum absolute atomic E-state index is 0.158. The number of carbonyl (C=O) groups excluding carboxylic acids is 2. The normalized spacial score (nSPS) is 18.0. The van der Waals surface area contributed by atoms with Crippen molar-refractivity contribution in [1.82, 2.24) is 0 Å². The lowest BCUT2D eigenvalue weighted by Gasteiger charge is -2.34. The maximum atomic E-state index is 13.5. The second kappa shape index (κ2) is 6.56. The quantitative estimate of drug-likeness (QED) is 0.384. The number of hydrogen-bond donors (Lipinski definition) is 0. The molecule has 5 heteroatoms. The summed E-state index contributed by atoms with van der Waals surface area (Å²) in [5.41, 5.74) is 3.08. The van der Waals surface area contributed by atoms with Crippen molar-refractivity contribution in [2.75, 3.05) is 6.79 Å². The lowest BCUT2D eigenvalue weighted by atomic mass is 9.74. The number of benzene rings is 4. The van der Waals surface area contributed by atoms with Crippen LogP contribution in [0, 0.1) is 0 Å². The Bertz CT molecular complexity index is 1560. The highest BCUT2D eigenvalue weighted by atomic mass is 16.7. The Kier molecular flexibility index (Phi) is 3.62. The molecule has 0 amide bonds. The number of fused-ring (bicyclic) bond motifs is 6. The molecule has 5 nitrogen and oxygen atoms in total. The minimum atomic E-state index is -0.537. The molecule has 0 fully saturated rings. The first-order valence-corrected chi connectivity index (χ1v) is 10.7. The summed E-state index contributed by atoms with van der Waals surface area (Å²) < 4.78 is 17.5. The summed E-state index contributed by atoms with van der Waals surface area (Å²) in [5.74, 6) is 0.863. The molecular formula is C28H16O5. The smallest absolute Gasteiger partial charge is 0.234 e. The molecule has 4 aromatic carbocycles. The standard InChI is InChI=1S/C28H16O5/c29-26-18-7-3-4-8-19(18)28-25(27(26)30)23(16-10-11-20-22(13-16)32-14-31-20)24-17-6-2-1-5-15(17)9-12-21(24)33-28/h1-13,23H,14H2. The van der Waals surface area contributed by atoms with Gasteiger partial charge < -0.3 is 14.2 Å². The van der Waals surface area contributed by atoms with Crippen LogP contribution in [0.3, 0.4) is 0 Å². The van der Waals surface area contributed by atoms with Crippen molar-refractivity contribution in [2.24, 2.45) is 0 Å². The molecule has 2 aliphatic heterocycles. The molecule has 0 bridgehead atoms. The van der Waals surface area contributed by atoms with Crippen LogP contribution in [-0.4, -0.2) is 18.4 Å². The van der Waals surface area contributed by atoms with Gasteiger partial charge in [-0.1, -0.05) is 60.7 Å². The van der Waals surface area contributed by atoms with Crippen LogP contribution in [0.2, 0.25) is 0 Å². The van der Waals surface area contributed by atoms with E-state index in [0.29, 0.717) is 39.7 Å². The molecule has 2 heterocycles. The number of rotatable bonds is 1. The van der Waals surface area contributed by atoms with Crippen LogP contribution < -0.4 is 14.2 Å². The van der Waals surface area contributed by atoms with E-state index in [1.165, 1.54) is 0 Å².